The standard InChI is InChI=1S/C24H36N6/c25-19-20-5-6-23(29-15-7-21(8-16-29)27-11-1-2-12-27)26-24(20)30-17-9-22(10-18-30)28-13-3-4-14-28/h5-6,21-22H,1-4,7-18H2. The van der Waals surface area contributed by atoms with E-state index in [4.69, 9.17) is 4.98 Å². The Labute approximate surface area is 181 Å². The second-order valence-electron chi connectivity index (χ2n) is 9.58. The van der Waals surface area contributed by atoms with Crippen LogP contribution in [0.4, 0.5) is 11.6 Å². The lowest BCUT2D eigenvalue weighted by Crippen LogP contribution is -2.45. The molecule has 4 aliphatic rings. The minimum absolute atomic E-state index is 0.724. The Morgan fingerprint density at radius 1 is 0.700 bits per heavy atom. The predicted octanol–water partition coefficient (Wildman–Crippen LogP) is 3.08. The fourth-order valence-electron chi connectivity index (χ4n) is 6.06. The number of anilines is 2. The largest absolute Gasteiger partial charge is 0.356 e. The van der Waals surface area contributed by atoms with Gasteiger partial charge in [-0.1, -0.05) is 0 Å². The third kappa shape index (κ3) is 4.15. The van der Waals surface area contributed by atoms with Crippen molar-refractivity contribution in [2.75, 3.05) is 62.2 Å². The maximum atomic E-state index is 9.69. The normalized spacial score (nSPS) is 25.2. The zero-order chi connectivity index (χ0) is 20.3. The van der Waals surface area contributed by atoms with Crippen molar-refractivity contribution in [1.29, 1.82) is 5.26 Å². The summed E-state index contributed by atoms with van der Waals surface area (Å²) in [5, 5.41) is 9.69. The molecule has 0 radical (unpaired) electrons. The van der Waals surface area contributed by atoms with Gasteiger partial charge >= 0.3 is 0 Å². The minimum Gasteiger partial charge on any atom is -0.356 e. The molecule has 5 rings (SSSR count). The molecule has 4 saturated heterocycles. The van der Waals surface area contributed by atoms with E-state index in [1.165, 1.54) is 77.5 Å². The van der Waals surface area contributed by atoms with Gasteiger partial charge in [0.05, 0.1) is 5.56 Å². The Kier molecular flexibility index (Phi) is 6.10. The van der Waals surface area contributed by atoms with Crippen molar-refractivity contribution in [3.05, 3.63) is 17.7 Å². The lowest BCUT2D eigenvalue weighted by molar-refractivity contribution is 0.207. The summed E-state index contributed by atoms with van der Waals surface area (Å²) in [6.07, 6.45) is 10.3. The van der Waals surface area contributed by atoms with Gasteiger partial charge in [-0.25, -0.2) is 4.98 Å². The maximum absolute atomic E-state index is 9.69. The molecule has 4 fully saturated rings. The summed E-state index contributed by atoms with van der Waals surface area (Å²) in [6.45, 7) is 9.32. The summed E-state index contributed by atoms with van der Waals surface area (Å²) in [5.41, 5.74) is 0.727. The lowest BCUT2D eigenvalue weighted by atomic mass is 10.0. The SMILES string of the molecule is N#Cc1ccc(N2CCC(N3CCCC3)CC2)nc1N1CCC(N2CCCC2)CC1. The molecule has 5 heterocycles. The Bertz CT molecular complexity index is 745. The van der Waals surface area contributed by atoms with Gasteiger partial charge in [0.1, 0.15) is 17.7 Å². The van der Waals surface area contributed by atoms with Crippen LogP contribution in [0, 0.1) is 11.3 Å². The second-order valence-corrected chi connectivity index (χ2v) is 9.58. The zero-order valence-corrected chi connectivity index (χ0v) is 18.3. The van der Waals surface area contributed by atoms with E-state index in [2.05, 4.69) is 31.7 Å². The summed E-state index contributed by atoms with van der Waals surface area (Å²) in [6, 6.07) is 7.94. The molecule has 1 aromatic heterocycles. The molecule has 0 atom stereocenters. The Morgan fingerprint density at radius 2 is 1.20 bits per heavy atom. The summed E-state index contributed by atoms with van der Waals surface area (Å²) < 4.78 is 0. The van der Waals surface area contributed by atoms with E-state index in [1.807, 2.05) is 6.07 Å². The zero-order valence-electron chi connectivity index (χ0n) is 18.3. The van der Waals surface area contributed by atoms with Gasteiger partial charge in [-0.2, -0.15) is 5.26 Å². The molecule has 6 nitrogen and oxygen atoms in total. The van der Waals surface area contributed by atoms with E-state index >= 15 is 0 Å². The molecule has 1 aromatic rings. The number of likely N-dealkylation sites (tertiary alicyclic amines) is 2. The van der Waals surface area contributed by atoms with Gasteiger partial charge < -0.3 is 19.6 Å². The molecule has 0 bridgehead atoms. The van der Waals surface area contributed by atoms with E-state index < -0.39 is 0 Å². The van der Waals surface area contributed by atoms with Crippen LogP contribution in [-0.4, -0.2) is 79.2 Å². The number of piperidine rings is 2. The Morgan fingerprint density at radius 3 is 1.70 bits per heavy atom. The van der Waals surface area contributed by atoms with Gasteiger partial charge in [0.15, 0.2) is 0 Å². The van der Waals surface area contributed by atoms with Gasteiger partial charge in [0.25, 0.3) is 0 Å². The van der Waals surface area contributed by atoms with E-state index in [1.54, 1.807) is 0 Å². The highest BCUT2D eigenvalue weighted by atomic mass is 15.3. The molecule has 0 saturated carbocycles. The van der Waals surface area contributed by atoms with Crippen LogP contribution in [0.5, 0.6) is 0 Å². The molecular weight excluding hydrogens is 372 g/mol. The predicted molar refractivity (Wildman–Crippen MR) is 121 cm³/mol. The summed E-state index contributed by atoms with van der Waals surface area (Å²) >= 11 is 0. The quantitative estimate of drug-likeness (QED) is 0.763. The van der Waals surface area contributed by atoms with Crippen LogP contribution in [0.3, 0.4) is 0 Å². The molecule has 0 aliphatic carbocycles. The smallest absolute Gasteiger partial charge is 0.148 e. The summed E-state index contributed by atoms with van der Waals surface area (Å²) in [7, 11) is 0. The van der Waals surface area contributed by atoms with E-state index in [-0.39, 0.29) is 0 Å². The monoisotopic (exact) mass is 408 g/mol. The van der Waals surface area contributed by atoms with Crippen molar-refractivity contribution < 1.29 is 0 Å². The minimum atomic E-state index is 0.724. The first-order valence-electron chi connectivity index (χ1n) is 12.2. The molecule has 0 aromatic carbocycles. The number of hydrogen-bond acceptors (Lipinski definition) is 6. The molecule has 30 heavy (non-hydrogen) atoms. The second kappa shape index (κ2) is 9.11. The van der Waals surface area contributed by atoms with Gasteiger partial charge in [0.2, 0.25) is 0 Å². The fourth-order valence-corrected chi connectivity index (χ4v) is 6.06. The van der Waals surface area contributed by atoms with Gasteiger partial charge in [-0.3, -0.25) is 0 Å². The number of nitrogens with zero attached hydrogens (tertiary/aromatic N) is 6. The number of nitriles is 1. The van der Waals surface area contributed by atoms with Gasteiger partial charge in [0, 0.05) is 38.3 Å². The average Bonchev–Trinajstić information content (AvgIpc) is 3.54. The summed E-state index contributed by atoms with van der Waals surface area (Å²) in [4.78, 5) is 15.2. The molecule has 162 valence electrons. The highest BCUT2D eigenvalue weighted by Gasteiger charge is 2.30. The van der Waals surface area contributed by atoms with Crippen LogP contribution in [0.2, 0.25) is 0 Å². The lowest BCUT2D eigenvalue weighted by Gasteiger charge is -2.39. The first-order valence-corrected chi connectivity index (χ1v) is 12.2. The molecule has 0 unspecified atom stereocenters. The molecular formula is C24H36N6. The van der Waals surface area contributed by atoms with Crippen molar-refractivity contribution in [2.24, 2.45) is 0 Å². The number of pyridine rings is 1. The van der Waals surface area contributed by atoms with Gasteiger partial charge in [-0.05, 0) is 89.7 Å². The van der Waals surface area contributed by atoms with Crippen LogP contribution in [0.1, 0.15) is 56.9 Å². The van der Waals surface area contributed by atoms with Crippen molar-refractivity contribution in [3.8, 4) is 6.07 Å². The molecule has 0 spiro atoms. The van der Waals surface area contributed by atoms with Crippen molar-refractivity contribution in [3.63, 3.8) is 0 Å². The molecule has 6 heteroatoms. The number of aromatic nitrogens is 1. The fraction of sp³-hybridized carbons (Fsp3) is 0.750. The first kappa shape index (κ1) is 20.1. The number of rotatable bonds is 4. The molecule has 0 amide bonds. The van der Waals surface area contributed by atoms with Crippen molar-refractivity contribution in [1.82, 2.24) is 14.8 Å². The third-order valence-electron chi connectivity index (χ3n) is 7.85. The van der Waals surface area contributed by atoms with Crippen LogP contribution in [-0.2, 0) is 0 Å². The van der Waals surface area contributed by atoms with Crippen LogP contribution >= 0.6 is 0 Å². The van der Waals surface area contributed by atoms with E-state index in [0.717, 1.165) is 55.5 Å². The van der Waals surface area contributed by atoms with Crippen molar-refractivity contribution in [2.45, 2.75) is 63.5 Å². The number of hydrogen-bond donors (Lipinski definition) is 0. The van der Waals surface area contributed by atoms with E-state index in [9.17, 15) is 5.26 Å². The highest BCUT2D eigenvalue weighted by Crippen LogP contribution is 2.29. The Hall–Kier alpha value is -1.84. The van der Waals surface area contributed by atoms with Crippen LogP contribution < -0.4 is 9.80 Å². The molecule has 0 N–H and O–H groups in total. The summed E-state index contributed by atoms with van der Waals surface area (Å²) in [5.74, 6) is 1.97. The highest BCUT2D eigenvalue weighted by molar-refractivity contribution is 5.59. The average molecular weight is 409 g/mol. The van der Waals surface area contributed by atoms with E-state index in [0.29, 0.717) is 0 Å². The van der Waals surface area contributed by atoms with Crippen LogP contribution in [0.25, 0.3) is 0 Å². The van der Waals surface area contributed by atoms with Crippen molar-refractivity contribution >= 4 is 11.6 Å². The molecule has 4 aliphatic heterocycles. The third-order valence-corrected chi connectivity index (χ3v) is 7.85. The topological polar surface area (TPSA) is 49.6 Å². The van der Waals surface area contributed by atoms with Crippen LogP contribution in [0.15, 0.2) is 12.1 Å². The first-order chi connectivity index (χ1) is 14.8. The van der Waals surface area contributed by atoms with Gasteiger partial charge in [-0.15, -0.1) is 0 Å². The maximum Gasteiger partial charge on any atom is 0.148 e. The Balaban J connectivity index is 1.24.